The number of benzene rings is 2. The minimum atomic E-state index is -0.409. The van der Waals surface area contributed by atoms with Crippen LogP contribution >= 0.6 is 0 Å². The molecule has 2 aromatic carbocycles. The zero-order chi connectivity index (χ0) is 14.5. The molecule has 5 heteroatoms. The van der Waals surface area contributed by atoms with E-state index in [1.165, 1.54) is 6.07 Å². The van der Waals surface area contributed by atoms with Crippen LogP contribution in [-0.4, -0.2) is 11.5 Å². The van der Waals surface area contributed by atoms with Gasteiger partial charge in [-0.05, 0) is 32.0 Å². The van der Waals surface area contributed by atoms with E-state index in [1.807, 2.05) is 38.1 Å². The van der Waals surface area contributed by atoms with Gasteiger partial charge in [0.05, 0.1) is 4.92 Å². The molecule has 0 amide bonds. The Morgan fingerprint density at radius 2 is 1.80 bits per heavy atom. The van der Waals surface area contributed by atoms with E-state index in [0.717, 1.165) is 5.56 Å². The quantitative estimate of drug-likeness (QED) is 0.656. The van der Waals surface area contributed by atoms with Crippen LogP contribution in [0.1, 0.15) is 12.5 Å². The second-order valence-corrected chi connectivity index (χ2v) is 4.38. The van der Waals surface area contributed by atoms with Crippen LogP contribution in [0.2, 0.25) is 0 Å². The molecule has 0 unspecified atom stereocenters. The second-order valence-electron chi connectivity index (χ2n) is 4.38. The Kier molecular flexibility index (Phi) is 4.20. The number of ether oxygens (including phenoxy) is 1. The lowest BCUT2D eigenvalue weighted by atomic mass is 10.2. The zero-order valence-electron chi connectivity index (χ0n) is 11.4. The number of nitro benzene ring substituents is 1. The Bertz CT molecular complexity index is 609. The van der Waals surface area contributed by atoms with Crippen LogP contribution in [0.15, 0.2) is 42.5 Å². The van der Waals surface area contributed by atoms with Gasteiger partial charge in [0, 0.05) is 18.7 Å². The van der Waals surface area contributed by atoms with E-state index >= 15 is 0 Å². The number of rotatable bonds is 5. The molecule has 5 nitrogen and oxygen atoms in total. The molecule has 0 atom stereocenters. The number of nitro groups is 1. The monoisotopic (exact) mass is 272 g/mol. The Hall–Kier alpha value is -2.56. The average Bonchev–Trinajstić information content (AvgIpc) is 2.42. The first-order valence-electron chi connectivity index (χ1n) is 6.37. The molecule has 2 rings (SSSR count). The molecule has 0 heterocycles. The van der Waals surface area contributed by atoms with Gasteiger partial charge in [0.15, 0.2) is 0 Å². The van der Waals surface area contributed by atoms with Crippen LogP contribution in [0.5, 0.6) is 11.5 Å². The minimum Gasteiger partial charge on any atom is -0.457 e. The number of hydrogen-bond acceptors (Lipinski definition) is 4. The molecule has 0 spiro atoms. The topological polar surface area (TPSA) is 64.4 Å². The zero-order valence-corrected chi connectivity index (χ0v) is 11.4. The third kappa shape index (κ3) is 3.26. The van der Waals surface area contributed by atoms with E-state index in [9.17, 15) is 10.1 Å². The molecule has 1 N–H and O–H groups in total. The molecule has 0 aliphatic heterocycles. The molecule has 2 aromatic rings. The van der Waals surface area contributed by atoms with Crippen LogP contribution < -0.4 is 10.1 Å². The van der Waals surface area contributed by atoms with Crippen molar-refractivity contribution >= 4 is 11.4 Å². The largest absolute Gasteiger partial charge is 0.457 e. The van der Waals surface area contributed by atoms with Crippen molar-refractivity contribution in [3.05, 3.63) is 58.1 Å². The molecule has 0 aliphatic carbocycles. The van der Waals surface area contributed by atoms with E-state index in [-0.39, 0.29) is 5.69 Å². The Morgan fingerprint density at radius 3 is 2.40 bits per heavy atom. The maximum Gasteiger partial charge on any atom is 0.292 e. The van der Waals surface area contributed by atoms with Crippen molar-refractivity contribution in [3.63, 3.8) is 0 Å². The molecular weight excluding hydrogens is 256 g/mol. The normalized spacial score (nSPS) is 10.1. The van der Waals surface area contributed by atoms with Crippen molar-refractivity contribution in [1.82, 2.24) is 0 Å². The van der Waals surface area contributed by atoms with Crippen LogP contribution in [0.25, 0.3) is 0 Å². The van der Waals surface area contributed by atoms with Crippen molar-refractivity contribution in [2.24, 2.45) is 0 Å². The smallest absolute Gasteiger partial charge is 0.292 e. The average molecular weight is 272 g/mol. The van der Waals surface area contributed by atoms with Crippen molar-refractivity contribution in [2.75, 3.05) is 11.9 Å². The molecule has 0 aromatic heterocycles. The number of hydrogen-bond donors (Lipinski definition) is 1. The summed E-state index contributed by atoms with van der Waals surface area (Å²) in [4.78, 5) is 10.5. The maximum atomic E-state index is 10.9. The first kappa shape index (κ1) is 13.9. The fourth-order valence-electron chi connectivity index (χ4n) is 1.81. The van der Waals surface area contributed by atoms with Gasteiger partial charge in [0.1, 0.15) is 17.2 Å². The van der Waals surface area contributed by atoms with Crippen LogP contribution in [-0.2, 0) is 0 Å². The molecule has 0 fully saturated rings. The first-order valence-corrected chi connectivity index (χ1v) is 6.37. The number of anilines is 1. The van der Waals surface area contributed by atoms with Crippen molar-refractivity contribution in [1.29, 1.82) is 0 Å². The third-order valence-corrected chi connectivity index (χ3v) is 2.79. The van der Waals surface area contributed by atoms with E-state index in [0.29, 0.717) is 23.7 Å². The number of nitrogens with zero attached hydrogens (tertiary/aromatic N) is 1. The molecule has 0 saturated heterocycles. The SMILES string of the molecule is CCNc1cc(Oc2ccc(C)cc2)ccc1[N+](=O)[O-]. The summed E-state index contributed by atoms with van der Waals surface area (Å²) < 4.78 is 5.69. The highest BCUT2D eigenvalue weighted by molar-refractivity contribution is 5.64. The van der Waals surface area contributed by atoms with Gasteiger partial charge in [-0.25, -0.2) is 0 Å². The number of nitrogens with one attached hydrogen (secondary N) is 1. The van der Waals surface area contributed by atoms with Gasteiger partial charge >= 0.3 is 0 Å². The van der Waals surface area contributed by atoms with Gasteiger partial charge in [0.2, 0.25) is 0 Å². The van der Waals surface area contributed by atoms with Crippen molar-refractivity contribution in [2.45, 2.75) is 13.8 Å². The summed E-state index contributed by atoms with van der Waals surface area (Å²) in [6.07, 6.45) is 0. The van der Waals surface area contributed by atoms with Gasteiger partial charge in [-0.2, -0.15) is 0 Å². The van der Waals surface area contributed by atoms with E-state index in [1.54, 1.807) is 12.1 Å². The van der Waals surface area contributed by atoms with Gasteiger partial charge in [-0.15, -0.1) is 0 Å². The van der Waals surface area contributed by atoms with Crippen LogP contribution in [0.4, 0.5) is 11.4 Å². The molecule has 0 radical (unpaired) electrons. The van der Waals surface area contributed by atoms with Gasteiger partial charge in [-0.1, -0.05) is 17.7 Å². The molecule has 0 aliphatic rings. The number of aryl methyl sites for hydroxylation is 1. The molecule has 20 heavy (non-hydrogen) atoms. The highest BCUT2D eigenvalue weighted by Crippen LogP contribution is 2.31. The Balaban J connectivity index is 2.26. The molecule has 104 valence electrons. The summed E-state index contributed by atoms with van der Waals surface area (Å²) in [5.41, 5.74) is 1.65. The summed E-state index contributed by atoms with van der Waals surface area (Å²) in [6, 6.07) is 12.3. The predicted octanol–water partition coefficient (Wildman–Crippen LogP) is 4.13. The third-order valence-electron chi connectivity index (χ3n) is 2.79. The van der Waals surface area contributed by atoms with Crippen LogP contribution in [0, 0.1) is 17.0 Å². The van der Waals surface area contributed by atoms with Crippen molar-refractivity contribution < 1.29 is 9.66 Å². The van der Waals surface area contributed by atoms with E-state index in [4.69, 9.17) is 4.74 Å². The highest BCUT2D eigenvalue weighted by Gasteiger charge is 2.14. The van der Waals surface area contributed by atoms with Gasteiger partial charge < -0.3 is 10.1 Å². The lowest BCUT2D eigenvalue weighted by molar-refractivity contribution is -0.384. The summed E-state index contributed by atoms with van der Waals surface area (Å²) in [6.45, 7) is 4.49. The lowest BCUT2D eigenvalue weighted by Gasteiger charge is -2.09. The molecule has 0 saturated carbocycles. The fraction of sp³-hybridized carbons (Fsp3) is 0.200. The summed E-state index contributed by atoms with van der Waals surface area (Å²) in [5.74, 6) is 1.27. The summed E-state index contributed by atoms with van der Waals surface area (Å²) in [5, 5.41) is 13.9. The lowest BCUT2D eigenvalue weighted by Crippen LogP contribution is -2.01. The fourth-order valence-corrected chi connectivity index (χ4v) is 1.81. The van der Waals surface area contributed by atoms with Crippen molar-refractivity contribution in [3.8, 4) is 11.5 Å². The summed E-state index contributed by atoms with van der Waals surface area (Å²) >= 11 is 0. The summed E-state index contributed by atoms with van der Waals surface area (Å²) in [7, 11) is 0. The first-order chi connectivity index (χ1) is 9.60. The molecular formula is C15H16N2O3. The van der Waals surface area contributed by atoms with Gasteiger partial charge in [-0.3, -0.25) is 10.1 Å². The van der Waals surface area contributed by atoms with Crippen LogP contribution in [0.3, 0.4) is 0 Å². The Labute approximate surface area is 117 Å². The van der Waals surface area contributed by atoms with E-state index in [2.05, 4.69) is 5.32 Å². The second kappa shape index (κ2) is 6.06. The minimum absolute atomic E-state index is 0.0445. The molecule has 0 bridgehead atoms. The van der Waals surface area contributed by atoms with Gasteiger partial charge in [0.25, 0.3) is 5.69 Å². The standard InChI is InChI=1S/C15H16N2O3/c1-3-16-14-10-13(8-9-15(14)17(18)19)20-12-6-4-11(2)5-7-12/h4-10,16H,3H2,1-2H3. The van der Waals surface area contributed by atoms with E-state index < -0.39 is 4.92 Å². The predicted molar refractivity (Wildman–Crippen MR) is 78.5 cm³/mol. The highest BCUT2D eigenvalue weighted by atomic mass is 16.6. The maximum absolute atomic E-state index is 10.9. The Morgan fingerprint density at radius 1 is 1.15 bits per heavy atom.